The minimum atomic E-state index is -0.468. The number of likely N-dealkylation sites (N-methyl/N-ethyl adjacent to an activating group) is 1. The quantitative estimate of drug-likeness (QED) is 0.658. The molecule has 0 aromatic carbocycles. The van der Waals surface area contributed by atoms with Gasteiger partial charge in [-0.15, -0.1) is 0 Å². The number of aryl methyl sites for hydroxylation is 3. The summed E-state index contributed by atoms with van der Waals surface area (Å²) in [6.07, 6.45) is 2.56. The van der Waals surface area contributed by atoms with Gasteiger partial charge >= 0.3 is 5.97 Å². The number of ether oxygens (including phenoxy) is 1. The molecule has 0 saturated heterocycles. The maximum absolute atomic E-state index is 12.1. The van der Waals surface area contributed by atoms with E-state index in [-0.39, 0.29) is 31.5 Å². The second kappa shape index (κ2) is 8.59. The Morgan fingerprint density at radius 3 is 2.69 bits per heavy atom. The summed E-state index contributed by atoms with van der Waals surface area (Å²) in [6, 6.07) is 2.15. The molecule has 1 aliphatic carbocycles. The van der Waals surface area contributed by atoms with Crippen LogP contribution in [0.25, 0.3) is 5.65 Å². The summed E-state index contributed by atoms with van der Waals surface area (Å²) in [5.41, 5.74) is 4.39. The van der Waals surface area contributed by atoms with E-state index in [4.69, 9.17) is 4.74 Å². The Kier molecular flexibility index (Phi) is 6.14. The van der Waals surface area contributed by atoms with E-state index in [9.17, 15) is 14.4 Å². The van der Waals surface area contributed by atoms with Crippen molar-refractivity contribution in [3.05, 3.63) is 28.7 Å². The first-order valence-corrected chi connectivity index (χ1v) is 9.76. The molecule has 0 spiro atoms. The molecule has 0 unspecified atom stereocenters. The fourth-order valence-electron chi connectivity index (χ4n) is 3.16. The van der Waals surface area contributed by atoms with Crippen molar-refractivity contribution >= 4 is 23.4 Å². The van der Waals surface area contributed by atoms with E-state index in [1.165, 1.54) is 11.9 Å². The van der Waals surface area contributed by atoms with Gasteiger partial charge in [-0.1, -0.05) is 0 Å². The molecule has 0 aliphatic heterocycles. The molecule has 29 heavy (non-hydrogen) atoms. The number of aromatic nitrogens is 3. The van der Waals surface area contributed by atoms with Crippen molar-refractivity contribution in [2.75, 3.05) is 20.2 Å². The largest absolute Gasteiger partial charge is 0.456 e. The van der Waals surface area contributed by atoms with Crippen molar-refractivity contribution in [2.24, 2.45) is 0 Å². The normalized spacial score (nSPS) is 13.4. The van der Waals surface area contributed by atoms with Gasteiger partial charge in [0.25, 0.3) is 5.91 Å². The Hall–Kier alpha value is -2.97. The Morgan fingerprint density at radius 1 is 1.28 bits per heavy atom. The highest BCUT2D eigenvalue weighted by atomic mass is 16.5. The monoisotopic (exact) mass is 401 g/mol. The van der Waals surface area contributed by atoms with Gasteiger partial charge in [0.05, 0.1) is 12.2 Å². The maximum atomic E-state index is 12.1. The molecule has 0 atom stereocenters. The van der Waals surface area contributed by atoms with Crippen molar-refractivity contribution in [1.82, 2.24) is 24.8 Å². The summed E-state index contributed by atoms with van der Waals surface area (Å²) >= 11 is 0. The first kappa shape index (κ1) is 20.8. The minimum Gasteiger partial charge on any atom is -0.456 e. The lowest BCUT2D eigenvalue weighted by atomic mass is 10.1. The predicted molar refractivity (Wildman–Crippen MR) is 105 cm³/mol. The highest BCUT2D eigenvalue weighted by Crippen LogP contribution is 2.18. The van der Waals surface area contributed by atoms with Gasteiger partial charge in [-0.2, -0.15) is 5.10 Å². The number of nitrogens with zero attached hydrogens (tertiary/aromatic N) is 4. The lowest BCUT2D eigenvalue weighted by Gasteiger charge is -2.16. The molecule has 156 valence electrons. The first-order chi connectivity index (χ1) is 13.7. The van der Waals surface area contributed by atoms with Crippen LogP contribution in [0.4, 0.5) is 0 Å². The summed E-state index contributed by atoms with van der Waals surface area (Å²) in [6.45, 7) is 5.34. The lowest BCUT2D eigenvalue weighted by Crippen LogP contribution is -2.40. The van der Waals surface area contributed by atoms with E-state index >= 15 is 0 Å². The van der Waals surface area contributed by atoms with Crippen molar-refractivity contribution in [1.29, 1.82) is 0 Å². The van der Waals surface area contributed by atoms with Crippen molar-refractivity contribution in [3.8, 4) is 0 Å². The fraction of sp³-hybridized carbons (Fsp3) is 0.550. The maximum Gasteiger partial charge on any atom is 0.306 e. The Balaban J connectivity index is 1.47. The number of esters is 1. The third-order valence-electron chi connectivity index (χ3n) is 4.97. The third kappa shape index (κ3) is 5.30. The molecule has 0 radical (unpaired) electrons. The van der Waals surface area contributed by atoms with Crippen LogP contribution in [0.2, 0.25) is 0 Å². The van der Waals surface area contributed by atoms with Crippen LogP contribution in [0.15, 0.2) is 6.07 Å². The zero-order valence-corrected chi connectivity index (χ0v) is 17.3. The summed E-state index contributed by atoms with van der Waals surface area (Å²) < 4.78 is 6.86. The van der Waals surface area contributed by atoms with Crippen LogP contribution >= 0.6 is 0 Å². The van der Waals surface area contributed by atoms with Crippen LogP contribution in [-0.2, 0) is 25.5 Å². The lowest BCUT2D eigenvalue weighted by molar-refractivity contribution is -0.151. The van der Waals surface area contributed by atoms with Gasteiger partial charge in [0.15, 0.2) is 12.3 Å². The molecule has 1 fully saturated rings. The molecule has 1 saturated carbocycles. The Labute approximate surface area is 169 Å². The van der Waals surface area contributed by atoms with E-state index in [0.29, 0.717) is 6.42 Å². The molecule has 9 nitrogen and oxygen atoms in total. The van der Waals surface area contributed by atoms with Gasteiger partial charge in [-0.25, -0.2) is 9.50 Å². The van der Waals surface area contributed by atoms with E-state index in [1.807, 2.05) is 26.8 Å². The average Bonchev–Trinajstić information content (AvgIpc) is 3.38. The summed E-state index contributed by atoms with van der Waals surface area (Å²) in [5.74, 6) is -1.08. The standard InChI is InChI=1S/C20H27N5O4/c1-12-9-17-21-13(2)16(14(3)25(17)23-12)7-8-20(28)29-11-19(27)24(4)10-18(26)22-15-5-6-15/h9,15H,5-8,10-11H2,1-4H3,(H,22,26). The summed E-state index contributed by atoms with van der Waals surface area (Å²) in [7, 11) is 1.52. The van der Waals surface area contributed by atoms with Gasteiger partial charge in [0.1, 0.15) is 0 Å². The highest BCUT2D eigenvalue weighted by molar-refractivity contribution is 5.86. The van der Waals surface area contributed by atoms with Gasteiger partial charge in [0, 0.05) is 37.0 Å². The SMILES string of the molecule is Cc1cc2nc(C)c(CCC(=O)OCC(=O)N(C)CC(=O)NC3CC3)c(C)n2n1. The molecule has 0 bridgehead atoms. The van der Waals surface area contributed by atoms with Gasteiger partial charge in [-0.3, -0.25) is 14.4 Å². The van der Waals surface area contributed by atoms with Crippen LogP contribution < -0.4 is 5.32 Å². The first-order valence-electron chi connectivity index (χ1n) is 9.76. The number of nitrogens with one attached hydrogen (secondary N) is 1. The van der Waals surface area contributed by atoms with Crippen LogP contribution in [0.5, 0.6) is 0 Å². The third-order valence-corrected chi connectivity index (χ3v) is 4.97. The average molecular weight is 401 g/mol. The summed E-state index contributed by atoms with van der Waals surface area (Å²) in [5, 5.41) is 7.23. The van der Waals surface area contributed by atoms with Crippen LogP contribution in [0.3, 0.4) is 0 Å². The van der Waals surface area contributed by atoms with Crippen molar-refractivity contribution in [3.63, 3.8) is 0 Å². The minimum absolute atomic E-state index is 0.0414. The molecule has 2 heterocycles. The predicted octanol–water partition coefficient (Wildman–Crippen LogP) is 0.867. The molecular weight excluding hydrogens is 374 g/mol. The van der Waals surface area contributed by atoms with Crippen molar-refractivity contribution in [2.45, 2.75) is 52.5 Å². The second-order valence-corrected chi connectivity index (χ2v) is 7.57. The van der Waals surface area contributed by atoms with Crippen LogP contribution in [0, 0.1) is 20.8 Å². The Bertz CT molecular complexity index is 948. The van der Waals surface area contributed by atoms with Crippen LogP contribution in [-0.4, -0.2) is 63.5 Å². The van der Waals surface area contributed by atoms with E-state index in [2.05, 4.69) is 15.4 Å². The zero-order valence-electron chi connectivity index (χ0n) is 17.3. The van der Waals surface area contributed by atoms with E-state index in [1.54, 1.807) is 4.52 Å². The van der Waals surface area contributed by atoms with Gasteiger partial charge in [-0.05, 0) is 45.6 Å². The molecule has 1 aliphatic rings. The number of fused-ring (bicyclic) bond motifs is 1. The molecule has 3 rings (SSSR count). The number of carbonyl (C=O) groups is 3. The van der Waals surface area contributed by atoms with Crippen LogP contribution in [0.1, 0.15) is 41.9 Å². The smallest absolute Gasteiger partial charge is 0.306 e. The molecule has 2 aromatic rings. The molecule has 2 amide bonds. The molecule has 2 aromatic heterocycles. The number of hydrogen-bond donors (Lipinski definition) is 1. The Morgan fingerprint density at radius 2 is 2.00 bits per heavy atom. The number of rotatable bonds is 8. The van der Waals surface area contributed by atoms with Crippen molar-refractivity contribution < 1.29 is 19.1 Å². The molecular formula is C20H27N5O4. The van der Waals surface area contributed by atoms with E-state index < -0.39 is 11.9 Å². The topological polar surface area (TPSA) is 106 Å². The number of carbonyl (C=O) groups excluding carboxylic acids is 3. The fourth-order valence-corrected chi connectivity index (χ4v) is 3.16. The number of amides is 2. The highest BCUT2D eigenvalue weighted by Gasteiger charge is 2.24. The van der Waals surface area contributed by atoms with Gasteiger partial charge < -0.3 is 15.0 Å². The number of hydrogen-bond acceptors (Lipinski definition) is 6. The summed E-state index contributed by atoms with van der Waals surface area (Å²) in [4.78, 5) is 41.7. The molecule has 1 N–H and O–H groups in total. The zero-order chi connectivity index (χ0) is 21.1. The van der Waals surface area contributed by atoms with E-state index in [0.717, 1.165) is 41.1 Å². The van der Waals surface area contributed by atoms with Gasteiger partial charge in [0.2, 0.25) is 5.91 Å². The second-order valence-electron chi connectivity index (χ2n) is 7.57. The molecule has 9 heteroatoms.